The Bertz CT molecular complexity index is 326. The van der Waals surface area contributed by atoms with Gasteiger partial charge in [0.05, 0.1) is 14.2 Å². The van der Waals surface area contributed by atoms with Crippen molar-refractivity contribution in [3.05, 3.63) is 35.6 Å². The van der Waals surface area contributed by atoms with Gasteiger partial charge >= 0.3 is 5.91 Å². The van der Waals surface area contributed by atoms with Crippen LogP contribution in [0.1, 0.15) is 10.4 Å². The Morgan fingerprint density at radius 3 is 2.50 bits per heavy atom. The molecule has 14 heavy (non-hydrogen) atoms. The average Bonchev–Trinajstić information content (AvgIpc) is 2.19. The number of amides is 1. The van der Waals surface area contributed by atoms with Crippen LogP contribution in [-0.2, 0) is 9.68 Å². The maximum atomic E-state index is 12.7. The first-order valence-corrected chi connectivity index (χ1v) is 3.87. The number of carbonyl (C=O) groups excluding carboxylic acids is 1. The van der Waals surface area contributed by atoms with E-state index >= 15 is 0 Å². The summed E-state index contributed by atoms with van der Waals surface area (Å²) in [6, 6.07) is 5.26. The van der Waals surface area contributed by atoms with Crippen molar-refractivity contribution in [2.24, 2.45) is 0 Å². The van der Waals surface area contributed by atoms with Crippen molar-refractivity contribution < 1.29 is 18.9 Å². The third kappa shape index (κ3) is 2.27. The van der Waals surface area contributed by atoms with Crippen molar-refractivity contribution in [1.29, 1.82) is 0 Å². The van der Waals surface area contributed by atoms with Crippen LogP contribution in [0.15, 0.2) is 24.3 Å². The van der Waals surface area contributed by atoms with E-state index in [1.54, 1.807) is 0 Å². The normalized spacial score (nSPS) is 9.93. The minimum absolute atomic E-state index is 0.161. The number of hydrogen-bond acceptors (Lipinski definition) is 3. The monoisotopic (exact) mass is 199 g/mol. The lowest BCUT2D eigenvalue weighted by molar-refractivity contribution is -0.299. The highest BCUT2D eigenvalue weighted by molar-refractivity contribution is 5.92. The maximum absolute atomic E-state index is 12.7. The molecule has 0 aromatic heterocycles. The second-order valence-corrected chi connectivity index (χ2v) is 2.44. The van der Waals surface area contributed by atoms with E-state index in [1.165, 1.54) is 32.4 Å². The zero-order valence-electron chi connectivity index (χ0n) is 7.86. The van der Waals surface area contributed by atoms with Crippen molar-refractivity contribution in [2.75, 3.05) is 14.2 Å². The van der Waals surface area contributed by atoms with Gasteiger partial charge in [-0.25, -0.2) is 14.1 Å². The molecule has 0 aliphatic heterocycles. The van der Waals surface area contributed by atoms with Crippen molar-refractivity contribution in [3.63, 3.8) is 0 Å². The van der Waals surface area contributed by atoms with Crippen LogP contribution in [-0.4, -0.2) is 25.4 Å². The molecule has 1 aromatic rings. The lowest BCUT2D eigenvalue weighted by Gasteiger charge is -2.15. The molecular weight excluding hydrogens is 189 g/mol. The Kier molecular flexibility index (Phi) is 3.55. The molecule has 1 amide bonds. The van der Waals surface area contributed by atoms with E-state index in [0.717, 1.165) is 6.07 Å². The zero-order valence-corrected chi connectivity index (χ0v) is 7.86. The Morgan fingerprint density at radius 2 is 2.00 bits per heavy atom. The first-order chi connectivity index (χ1) is 6.69. The third-order valence-electron chi connectivity index (χ3n) is 1.57. The first kappa shape index (κ1) is 10.6. The molecule has 0 fully saturated rings. The minimum atomic E-state index is -0.561. The molecular formula is C9H10FNO3. The van der Waals surface area contributed by atoms with Crippen LogP contribution in [0.4, 0.5) is 4.39 Å². The second kappa shape index (κ2) is 4.69. The van der Waals surface area contributed by atoms with Crippen LogP contribution in [0.5, 0.6) is 0 Å². The van der Waals surface area contributed by atoms with Gasteiger partial charge < -0.3 is 0 Å². The topological polar surface area (TPSA) is 38.8 Å². The second-order valence-electron chi connectivity index (χ2n) is 2.44. The van der Waals surface area contributed by atoms with E-state index < -0.39 is 11.7 Å². The lowest BCUT2D eigenvalue weighted by Crippen LogP contribution is -2.28. The third-order valence-corrected chi connectivity index (χ3v) is 1.57. The molecule has 1 rings (SSSR count). The number of halogens is 1. The smallest absolute Gasteiger partial charge is 0.264 e. The fourth-order valence-corrected chi connectivity index (χ4v) is 0.967. The predicted octanol–water partition coefficient (Wildman–Crippen LogP) is 1.39. The van der Waals surface area contributed by atoms with E-state index in [2.05, 4.69) is 9.68 Å². The number of benzene rings is 1. The summed E-state index contributed by atoms with van der Waals surface area (Å²) in [6.45, 7) is 0. The molecule has 0 radical (unpaired) electrons. The van der Waals surface area contributed by atoms with E-state index in [1.807, 2.05) is 0 Å². The fourth-order valence-electron chi connectivity index (χ4n) is 0.967. The highest BCUT2D eigenvalue weighted by Crippen LogP contribution is 2.07. The number of nitrogens with zero attached hydrogens (tertiary/aromatic N) is 1. The molecule has 4 nitrogen and oxygen atoms in total. The van der Waals surface area contributed by atoms with Crippen LogP contribution < -0.4 is 0 Å². The summed E-state index contributed by atoms with van der Waals surface area (Å²) in [6.07, 6.45) is 0. The van der Waals surface area contributed by atoms with E-state index in [0.29, 0.717) is 5.23 Å². The highest BCUT2D eigenvalue weighted by Gasteiger charge is 2.15. The van der Waals surface area contributed by atoms with Gasteiger partial charge in [0.25, 0.3) is 0 Å². The van der Waals surface area contributed by atoms with Gasteiger partial charge in [0.1, 0.15) is 5.82 Å². The summed E-state index contributed by atoms with van der Waals surface area (Å²) in [4.78, 5) is 20.7. The molecule has 0 N–H and O–H groups in total. The molecule has 0 aliphatic carbocycles. The molecule has 0 heterocycles. The zero-order chi connectivity index (χ0) is 10.6. The van der Waals surface area contributed by atoms with Crippen molar-refractivity contribution >= 4 is 5.91 Å². The average molecular weight is 199 g/mol. The van der Waals surface area contributed by atoms with E-state index in [9.17, 15) is 9.18 Å². The van der Waals surface area contributed by atoms with Gasteiger partial charge in [0, 0.05) is 5.56 Å². The quantitative estimate of drug-likeness (QED) is 0.690. The molecule has 0 saturated carbocycles. The van der Waals surface area contributed by atoms with Crippen LogP contribution in [0.2, 0.25) is 0 Å². The summed E-state index contributed by atoms with van der Waals surface area (Å²) < 4.78 is 12.7. The Labute approximate surface area is 80.7 Å². The van der Waals surface area contributed by atoms with Crippen molar-refractivity contribution in [3.8, 4) is 0 Å². The standard InChI is InChI=1S/C9H10FNO3/c1-13-11(14-2)9(12)7-4-3-5-8(10)6-7/h3-6H,1-2H3. The minimum Gasteiger partial charge on any atom is -0.264 e. The lowest BCUT2D eigenvalue weighted by atomic mass is 10.2. The summed E-state index contributed by atoms with van der Waals surface area (Å²) >= 11 is 0. The van der Waals surface area contributed by atoms with Gasteiger partial charge in [0.15, 0.2) is 0 Å². The Hall–Kier alpha value is -1.46. The Balaban J connectivity index is 2.88. The molecule has 0 atom stereocenters. The number of hydroxylamine groups is 2. The van der Waals surface area contributed by atoms with Gasteiger partial charge in [-0.15, -0.1) is 0 Å². The van der Waals surface area contributed by atoms with Crippen molar-refractivity contribution in [1.82, 2.24) is 5.23 Å². The number of hydrogen-bond donors (Lipinski definition) is 0. The van der Waals surface area contributed by atoms with Gasteiger partial charge in [-0.05, 0) is 18.2 Å². The van der Waals surface area contributed by atoms with Crippen molar-refractivity contribution in [2.45, 2.75) is 0 Å². The Morgan fingerprint density at radius 1 is 1.36 bits per heavy atom. The molecule has 0 aliphatic rings. The molecule has 0 spiro atoms. The number of carbonyl (C=O) groups is 1. The van der Waals surface area contributed by atoms with Crippen LogP contribution >= 0.6 is 0 Å². The first-order valence-electron chi connectivity index (χ1n) is 3.87. The molecule has 5 heteroatoms. The molecule has 76 valence electrons. The summed E-state index contributed by atoms with van der Waals surface area (Å²) in [5.41, 5.74) is 0.161. The van der Waals surface area contributed by atoms with Gasteiger partial charge in [0.2, 0.25) is 0 Å². The van der Waals surface area contributed by atoms with Gasteiger partial charge in [-0.2, -0.15) is 0 Å². The SMILES string of the molecule is CON(OC)C(=O)c1cccc(F)c1. The van der Waals surface area contributed by atoms with E-state index in [4.69, 9.17) is 0 Å². The molecule has 0 saturated heterocycles. The predicted molar refractivity (Wildman–Crippen MR) is 46.6 cm³/mol. The molecule has 0 unspecified atom stereocenters. The largest absolute Gasteiger partial charge is 0.304 e. The van der Waals surface area contributed by atoms with Crippen LogP contribution in [0.25, 0.3) is 0 Å². The molecule has 0 bridgehead atoms. The number of rotatable bonds is 3. The summed E-state index contributed by atoms with van der Waals surface area (Å²) in [5.74, 6) is -1.04. The van der Waals surface area contributed by atoms with Gasteiger partial charge in [-0.1, -0.05) is 11.3 Å². The summed E-state index contributed by atoms with van der Waals surface area (Å²) in [5, 5.41) is 0.661. The fraction of sp³-hybridized carbons (Fsp3) is 0.222. The van der Waals surface area contributed by atoms with Crippen LogP contribution in [0.3, 0.4) is 0 Å². The molecule has 1 aromatic carbocycles. The summed E-state index contributed by atoms with van der Waals surface area (Å²) in [7, 11) is 2.56. The highest BCUT2D eigenvalue weighted by atomic mass is 19.1. The van der Waals surface area contributed by atoms with E-state index in [-0.39, 0.29) is 5.56 Å². The van der Waals surface area contributed by atoms with Crippen LogP contribution in [0, 0.1) is 5.82 Å². The van der Waals surface area contributed by atoms with Gasteiger partial charge in [-0.3, -0.25) is 4.79 Å². The maximum Gasteiger partial charge on any atom is 0.304 e.